The summed E-state index contributed by atoms with van der Waals surface area (Å²) in [5.74, 6) is 0.231. The normalized spacial score (nSPS) is 16.2. The summed E-state index contributed by atoms with van der Waals surface area (Å²) < 4.78 is 5.93. The summed E-state index contributed by atoms with van der Waals surface area (Å²) in [7, 11) is 0. The highest BCUT2D eigenvalue weighted by molar-refractivity contribution is 5.92. The van der Waals surface area contributed by atoms with Crippen LogP contribution in [0.5, 0.6) is 5.75 Å². The van der Waals surface area contributed by atoms with Gasteiger partial charge in [-0.1, -0.05) is 69.2 Å². The third-order valence-corrected chi connectivity index (χ3v) is 7.76. The van der Waals surface area contributed by atoms with Crippen molar-refractivity contribution in [3.8, 4) is 5.75 Å². The van der Waals surface area contributed by atoms with Gasteiger partial charge in [-0.3, -0.25) is 9.59 Å². The second-order valence-corrected chi connectivity index (χ2v) is 12.8. The Hall–Kier alpha value is -3.63. The number of benzene rings is 2. The lowest BCUT2D eigenvalue weighted by molar-refractivity contribution is -0.130. The van der Waals surface area contributed by atoms with Crippen LogP contribution in [-0.4, -0.2) is 73.1 Å². The number of hydrogen-bond acceptors (Lipinski definition) is 6. The molecule has 2 aromatic rings. The molecular weight excluding hydrogens is 568 g/mol. The quantitative estimate of drug-likeness (QED) is 0.194. The molecule has 2 unspecified atom stereocenters. The third kappa shape index (κ3) is 13.5. The lowest BCUT2D eigenvalue weighted by atomic mass is 10.0. The van der Waals surface area contributed by atoms with Crippen molar-refractivity contribution < 1.29 is 19.1 Å². The van der Waals surface area contributed by atoms with E-state index in [1.165, 1.54) is 0 Å². The molecule has 1 aliphatic heterocycles. The maximum Gasteiger partial charge on any atom is 0.318 e. The SMILES string of the molecule is CC(C)C[C@H](NC(=O)N1CCCCCC1)C(=O)N[C@@H](Cc1ccc(OCc2ccccc2)cc1)C(=O)NC(C)CNCC(C)N. The van der Waals surface area contributed by atoms with Crippen molar-refractivity contribution in [2.45, 2.75) is 97.0 Å². The van der Waals surface area contributed by atoms with Gasteiger partial charge in [0, 0.05) is 44.7 Å². The summed E-state index contributed by atoms with van der Waals surface area (Å²) in [6, 6.07) is 15.5. The molecule has 248 valence electrons. The first-order chi connectivity index (χ1) is 21.6. The summed E-state index contributed by atoms with van der Waals surface area (Å²) in [5, 5.41) is 12.2. The number of carbonyl (C=O) groups is 3. The number of nitrogens with zero attached hydrogens (tertiary/aromatic N) is 1. The van der Waals surface area contributed by atoms with E-state index in [2.05, 4.69) is 21.3 Å². The fraction of sp³-hybridized carbons (Fsp3) is 0.571. The van der Waals surface area contributed by atoms with Crippen molar-refractivity contribution in [3.63, 3.8) is 0 Å². The van der Waals surface area contributed by atoms with Gasteiger partial charge in [-0.05, 0) is 62.3 Å². The zero-order valence-electron chi connectivity index (χ0n) is 27.5. The minimum atomic E-state index is -0.839. The fourth-order valence-electron chi connectivity index (χ4n) is 5.32. The number of carbonyl (C=O) groups excluding carboxylic acids is 3. The topological polar surface area (TPSA) is 138 Å². The highest BCUT2D eigenvalue weighted by Crippen LogP contribution is 2.16. The maximum atomic E-state index is 13.7. The van der Waals surface area contributed by atoms with Gasteiger partial charge in [-0.25, -0.2) is 4.79 Å². The van der Waals surface area contributed by atoms with Crippen LogP contribution >= 0.6 is 0 Å². The average molecular weight is 623 g/mol. The van der Waals surface area contributed by atoms with Gasteiger partial charge < -0.3 is 36.6 Å². The molecular formula is C35H54N6O4. The number of likely N-dealkylation sites (tertiary alicyclic amines) is 1. The van der Waals surface area contributed by atoms with Gasteiger partial charge in [0.05, 0.1) is 0 Å². The van der Waals surface area contributed by atoms with Crippen molar-refractivity contribution in [2.75, 3.05) is 26.2 Å². The molecule has 10 nitrogen and oxygen atoms in total. The predicted molar refractivity (Wildman–Crippen MR) is 179 cm³/mol. The van der Waals surface area contributed by atoms with E-state index >= 15 is 0 Å². The molecule has 4 atom stereocenters. The van der Waals surface area contributed by atoms with Crippen LogP contribution in [0.2, 0.25) is 0 Å². The van der Waals surface area contributed by atoms with E-state index in [9.17, 15) is 14.4 Å². The van der Waals surface area contributed by atoms with E-state index in [-0.39, 0.29) is 42.3 Å². The van der Waals surface area contributed by atoms with Gasteiger partial charge in [0.1, 0.15) is 24.4 Å². The first-order valence-electron chi connectivity index (χ1n) is 16.5. The summed E-state index contributed by atoms with van der Waals surface area (Å²) in [6.07, 6.45) is 4.88. The number of hydrogen-bond donors (Lipinski definition) is 5. The van der Waals surface area contributed by atoms with Crippen LogP contribution in [0.25, 0.3) is 0 Å². The van der Waals surface area contributed by atoms with E-state index in [1.54, 1.807) is 4.90 Å². The standard InChI is InChI=1S/C35H54N6O4/c1-25(2)20-31(40-35(44)41-18-10-5-6-11-19-41)34(43)39-32(33(42)38-27(4)23-37-22-26(3)36)21-28-14-16-30(17-15-28)45-24-29-12-8-7-9-13-29/h7-9,12-17,25-27,31-32,37H,5-6,10-11,18-24,36H2,1-4H3,(H,38,42)(H,39,43)(H,40,44)/t26?,27?,31-,32-/m0/s1. The Kier molecular flexibility index (Phi) is 15.1. The number of ether oxygens (including phenoxy) is 1. The number of rotatable bonds is 16. The van der Waals surface area contributed by atoms with Crippen LogP contribution in [0, 0.1) is 5.92 Å². The lowest BCUT2D eigenvalue weighted by Gasteiger charge is -2.28. The third-order valence-electron chi connectivity index (χ3n) is 7.76. The summed E-state index contributed by atoms with van der Waals surface area (Å²) in [4.78, 5) is 42.2. The molecule has 0 bridgehead atoms. The molecule has 6 N–H and O–H groups in total. The minimum Gasteiger partial charge on any atom is -0.489 e. The predicted octanol–water partition coefficient (Wildman–Crippen LogP) is 3.73. The van der Waals surface area contributed by atoms with Gasteiger partial charge >= 0.3 is 6.03 Å². The smallest absolute Gasteiger partial charge is 0.318 e. The van der Waals surface area contributed by atoms with Crippen LogP contribution in [0.3, 0.4) is 0 Å². The second-order valence-electron chi connectivity index (χ2n) is 12.8. The molecule has 45 heavy (non-hydrogen) atoms. The van der Waals surface area contributed by atoms with Gasteiger partial charge in [0.2, 0.25) is 11.8 Å². The molecule has 1 fully saturated rings. The molecule has 3 rings (SSSR count). The Morgan fingerprint density at radius 2 is 1.42 bits per heavy atom. The fourth-order valence-corrected chi connectivity index (χ4v) is 5.32. The molecule has 2 aromatic carbocycles. The summed E-state index contributed by atoms with van der Waals surface area (Å²) >= 11 is 0. The van der Waals surface area contributed by atoms with Crippen LogP contribution in [0.4, 0.5) is 4.79 Å². The summed E-state index contributed by atoms with van der Waals surface area (Å²) in [6.45, 7) is 10.9. The van der Waals surface area contributed by atoms with E-state index in [0.717, 1.165) is 42.6 Å². The molecule has 0 saturated carbocycles. The molecule has 0 aromatic heterocycles. The zero-order chi connectivity index (χ0) is 32.6. The van der Waals surface area contributed by atoms with Crippen LogP contribution in [0.1, 0.15) is 70.9 Å². The number of amides is 4. The molecule has 0 radical (unpaired) electrons. The molecule has 1 saturated heterocycles. The Balaban J connectivity index is 1.70. The van der Waals surface area contributed by atoms with Crippen molar-refractivity contribution in [1.82, 2.24) is 26.2 Å². The van der Waals surface area contributed by atoms with E-state index in [1.807, 2.05) is 82.3 Å². The van der Waals surface area contributed by atoms with Crippen molar-refractivity contribution in [2.24, 2.45) is 11.7 Å². The first-order valence-corrected chi connectivity index (χ1v) is 16.5. The van der Waals surface area contributed by atoms with Crippen molar-refractivity contribution in [1.29, 1.82) is 0 Å². The number of nitrogens with one attached hydrogen (secondary N) is 4. The number of nitrogens with two attached hydrogens (primary N) is 1. The maximum absolute atomic E-state index is 13.7. The van der Waals surface area contributed by atoms with E-state index < -0.39 is 12.1 Å². The molecule has 1 aliphatic rings. The Morgan fingerprint density at radius 1 is 0.778 bits per heavy atom. The van der Waals surface area contributed by atoms with Crippen LogP contribution in [-0.2, 0) is 22.6 Å². The van der Waals surface area contributed by atoms with Gasteiger partial charge in [-0.15, -0.1) is 0 Å². The van der Waals surface area contributed by atoms with E-state index in [4.69, 9.17) is 10.5 Å². The molecule has 4 amide bonds. The molecule has 0 aliphatic carbocycles. The van der Waals surface area contributed by atoms with Crippen molar-refractivity contribution >= 4 is 17.8 Å². The molecule has 1 heterocycles. The highest BCUT2D eigenvalue weighted by atomic mass is 16.5. The van der Waals surface area contributed by atoms with Crippen molar-refractivity contribution in [3.05, 3.63) is 65.7 Å². The monoisotopic (exact) mass is 622 g/mol. The van der Waals surface area contributed by atoms with E-state index in [0.29, 0.717) is 39.2 Å². The van der Waals surface area contributed by atoms with Gasteiger partial charge in [0.25, 0.3) is 0 Å². The molecule has 10 heteroatoms. The molecule has 0 spiro atoms. The largest absolute Gasteiger partial charge is 0.489 e. The van der Waals surface area contributed by atoms with Crippen LogP contribution in [0.15, 0.2) is 54.6 Å². The van der Waals surface area contributed by atoms with Crippen LogP contribution < -0.4 is 31.7 Å². The van der Waals surface area contributed by atoms with Gasteiger partial charge in [-0.2, -0.15) is 0 Å². The summed E-state index contributed by atoms with van der Waals surface area (Å²) in [5.41, 5.74) is 7.79. The number of urea groups is 1. The Morgan fingerprint density at radius 3 is 2.04 bits per heavy atom. The lowest BCUT2D eigenvalue weighted by Crippen LogP contribution is -2.57. The zero-order valence-corrected chi connectivity index (χ0v) is 27.5. The Labute approximate surface area is 269 Å². The second kappa shape index (κ2) is 19.0. The first kappa shape index (κ1) is 35.8. The minimum absolute atomic E-state index is 0.00185. The van der Waals surface area contributed by atoms with Gasteiger partial charge in [0.15, 0.2) is 0 Å². The Bertz CT molecular complexity index is 1170. The average Bonchev–Trinajstić information content (AvgIpc) is 3.30. The highest BCUT2D eigenvalue weighted by Gasteiger charge is 2.29.